The Bertz CT molecular complexity index is 837. The summed E-state index contributed by atoms with van der Waals surface area (Å²) in [6.07, 6.45) is 1.42. The molecule has 1 rings (SSSR count). The monoisotopic (exact) mass is 510 g/mol. The zero-order chi connectivity index (χ0) is 26.5. The normalized spacial score (nSPS) is 15.4. The van der Waals surface area contributed by atoms with Crippen LogP contribution in [0.15, 0.2) is 30.3 Å². The van der Waals surface area contributed by atoms with E-state index in [1.807, 2.05) is 50.4 Å². The smallest absolute Gasteiger partial charge is 0.328 e. The number of aliphatic hydroxyl groups is 1. The Hall–Kier alpha value is -2.63. The molecule has 0 bridgehead atoms. The molecule has 1 aromatic rings. The molecule has 5 atom stereocenters. The van der Waals surface area contributed by atoms with Gasteiger partial charge in [0.05, 0.1) is 12.1 Å². The van der Waals surface area contributed by atoms with Crippen molar-refractivity contribution in [2.45, 2.75) is 70.3 Å². The molecule has 0 aromatic heterocycles. The number of hydrogen-bond acceptors (Lipinski definition) is 7. The molecule has 0 radical (unpaired) electrons. The van der Waals surface area contributed by atoms with Crippen molar-refractivity contribution >= 4 is 35.5 Å². The lowest BCUT2D eigenvalue weighted by molar-refractivity contribution is -0.145. The van der Waals surface area contributed by atoms with Gasteiger partial charge in [0.2, 0.25) is 17.7 Å². The first-order valence-corrected chi connectivity index (χ1v) is 13.0. The second-order valence-electron chi connectivity index (χ2n) is 8.89. The van der Waals surface area contributed by atoms with E-state index in [9.17, 15) is 29.4 Å². The molecule has 1 aromatic carbocycles. The lowest BCUT2D eigenvalue weighted by Gasteiger charge is -2.26. The topological polar surface area (TPSA) is 171 Å². The number of benzene rings is 1. The van der Waals surface area contributed by atoms with Crippen LogP contribution in [0.1, 0.15) is 39.2 Å². The van der Waals surface area contributed by atoms with E-state index in [0.717, 1.165) is 5.56 Å². The summed E-state index contributed by atoms with van der Waals surface area (Å²) < 4.78 is 0. The minimum Gasteiger partial charge on any atom is -0.480 e. The van der Waals surface area contributed by atoms with Gasteiger partial charge in [0.25, 0.3) is 0 Å². The number of carbonyl (C=O) groups is 4. The first-order chi connectivity index (χ1) is 16.5. The molecule has 0 aliphatic heterocycles. The molecule has 196 valence electrons. The van der Waals surface area contributed by atoms with Crippen molar-refractivity contribution in [2.24, 2.45) is 11.7 Å². The molecule has 0 fully saturated rings. The third kappa shape index (κ3) is 11.1. The molecule has 0 spiro atoms. The Morgan fingerprint density at radius 2 is 1.51 bits per heavy atom. The Kier molecular flexibility index (Phi) is 13.4. The van der Waals surface area contributed by atoms with Gasteiger partial charge in [0.15, 0.2) is 6.04 Å². The summed E-state index contributed by atoms with van der Waals surface area (Å²) in [6.45, 7) is 4.95. The Morgan fingerprint density at radius 1 is 0.943 bits per heavy atom. The van der Waals surface area contributed by atoms with Crippen molar-refractivity contribution in [2.75, 3.05) is 12.0 Å². The van der Waals surface area contributed by atoms with Crippen molar-refractivity contribution in [3.05, 3.63) is 35.9 Å². The van der Waals surface area contributed by atoms with Crippen LogP contribution in [0.4, 0.5) is 0 Å². The molecule has 7 N–H and O–H groups in total. The Morgan fingerprint density at radius 3 is 2.03 bits per heavy atom. The van der Waals surface area contributed by atoms with Gasteiger partial charge in [-0.2, -0.15) is 11.8 Å². The summed E-state index contributed by atoms with van der Waals surface area (Å²) in [5, 5.41) is 26.6. The van der Waals surface area contributed by atoms with Crippen molar-refractivity contribution < 1.29 is 29.4 Å². The number of carbonyl (C=O) groups excluding carboxylic acids is 3. The zero-order valence-corrected chi connectivity index (χ0v) is 21.5. The molecule has 10 nitrogen and oxygen atoms in total. The maximum atomic E-state index is 13.3. The number of amides is 3. The van der Waals surface area contributed by atoms with E-state index in [-0.39, 0.29) is 18.8 Å². The van der Waals surface area contributed by atoms with Crippen LogP contribution in [0.25, 0.3) is 0 Å². The Labute approximate surface area is 210 Å². The van der Waals surface area contributed by atoms with Crippen LogP contribution in [0.3, 0.4) is 0 Å². The number of rotatable bonds is 15. The van der Waals surface area contributed by atoms with Crippen LogP contribution in [-0.2, 0) is 25.6 Å². The fraction of sp³-hybridized carbons (Fsp3) is 0.583. The fourth-order valence-electron chi connectivity index (χ4n) is 3.33. The molecule has 0 heterocycles. The van der Waals surface area contributed by atoms with E-state index in [4.69, 9.17) is 5.73 Å². The molecule has 0 saturated carbocycles. The summed E-state index contributed by atoms with van der Waals surface area (Å²) in [4.78, 5) is 50.1. The number of thioether (sulfide) groups is 1. The lowest BCUT2D eigenvalue weighted by atomic mass is 10.00. The standard InChI is InChI=1S/C24H38N4O6S/c1-14(2)12-18(23(32)28-20(15(3)29)24(33)34)27-22(31)19(13-16-8-6-5-7-9-16)26-21(30)17(25)10-11-35-4/h5-9,14-15,17-20,29H,10-13,25H2,1-4H3,(H,26,30)(H,27,31)(H,28,32)(H,33,34). The molecule has 5 unspecified atom stereocenters. The number of carboxylic acid groups (broad SMARTS) is 1. The van der Waals surface area contributed by atoms with Gasteiger partial charge in [-0.25, -0.2) is 4.79 Å². The third-order valence-corrected chi connectivity index (χ3v) is 5.92. The Balaban J connectivity index is 3.08. The summed E-state index contributed by atoms with van der Waals surface area (Å²) in [5.74, 6) is -2.51. The molecule has 3 amide bonds. The van der Waals surface area contributed by atoms with Crippen molar-refractivity contribution in [3.63, 3.8) is 0 Å². The molecular formula is C24H38N4O6S. The SMILES string of the molecule is CSCCC(N)C(=O)NC(Cc1ccccc1)C(=O)NC(CC(C)C)C(=O)NC(C(=O)O)C(C)O. The van der Waals surface area contributed by atoms with Crippen LogP contribution in [0.5, 0.6) is 0 Å². The van der Waals surface area contributed by atoms with E-state index >= 15 is 0 Å². The van der Waals surface area contributed by atoms with Gasteiger partial charge in [-0.05, 0) is 43.3 Å². The average Bonchev–Trinajstić information content (AvgIpc) is 2.79. The second kappa shape index (κ2) is 15.4. The lowest BCUT2D eigenvalue weighted by Crippen LogP contribution is -2.58. The highest BCUT2D eigenvalue weighted by molar-refractivity contribution is 7.98. The third-order valence-electron chi connectivity index (χ3n) is 5.27. The molecule has 35 heavy (non-hydrogen) atoms. The van der Waals surface area contributed by atoms with E-state index in [1.165, 1.54) is 6.92 Å². The number of nitrogens with one attached hydrogen (secondary N) is 3. The highest BCUT2D eigenvalue weighted by Crippen LogP contribution is 2.09. The van der Waals surface area contributed by atoms with Gasteiger partial charge in [0.1, 0.15) is 12.1 Å². The summed E-state index contributed by atoms with van der Waals surface area (Å²) in [6, 6.07) is 4.72. The maximum Gasteiger partial charge on any atom is 0.328 e. The number of carboxylic acids is 1. The van der Waals surface area contributed by atoms with Gasteiger partial charge in [-0.3, -0.25) is 14.4 Å². The quantitative estimate of drug-likeness (QED) is 0.195. The van der Waals surface area contributed by atoms with Crippen molar-refractivity contribution in [1.82, 2.24) is 16.0 Å². The van der Waals surface area contributed by atoms with Crippen LogP contribution in [0, 0.1) is 5.92 Å². The van der Waals surface area contributed by atoms with Gasteiger partial charge in [-0.15, -0.1) is 0 Å². The zero-order valence-electron chi connectivity index (χ0n) is 20.7. The second-order valence-corrected chi connectivity index (χ2v) is 9.88. The molecule has 0 saturated heterocycles. The van der Waals surface area contributed by atoms with Crippen LogP contribution >= 0.6 is 11.8 Å². The largest absolute Gasteiger partial charge is 0.480 e. The van der Waals surface area contributed by atoms with Gasteiger partial charge in [0, 0.05) is 6.42 Å². The first kappa shape index (κ1) is 30.4. The minimum absolute atomic E-state index is 0.0111. The number of hydrogen-bond donors (Lipinski definition) is 6. The molecule has 11 heteroatoms. The number of aliphatic hydroxyl groups excluding tert-OH is 1. The molecule has 0 aliphatic rings. The predicted molar refractivity (Wildman–Crippen MR) is 136 cm³/mol. The average molecular weight is 511 g/mol. The van der Waals surface area contributed by atoms with E-state index in [0.29, 0.717) is 12.2 Å². The van der Waals surface area contributed by atoms with Gasteiger partial charge in [-0.1, -0.05) is 44.2 Å². The minimum atomic E-state index is -1.52. The van der Waals surface area contributed by atoms with Crippen LogP contribution in [0.2, 0.25) is 0 Å². The maximum absolute atomic E-state index is 13.3. The van der Waals surface area contributed by atoms with E-state index in [2.05, 4.69) is 16.0 Å². The first-order valence-electron chi connectivity index (χ1n) is 11.6. The highest BCUT2D eigenvalue weighted by Gasteiger charge is 2.32. The summed E-state index contributed by atoms with van der Waals surface area (Å²) in [5.41, 5.74) is 6.77. The summed E-state index contributed by atoms with van der Waals surface area (Å²) >= 11 is 1.56. The molecule has 0 aliphatic carbocycles. The van der Waals surface area contributed by atoms with Crippen molar-refractivity contribution in [3.8, 4) is 0 Å². The van der Waals surface area contributed by atoms with E-state index < -0.39 is 54.0 Å². The highest BCUT2D eigenvalue weighted by atomic mass is 32.2. The van der Waals surface area contributed by atoms with Gasteiger partial charge < -0.3 is 31.9 Å². The fourth-order valence-corrected chi connectivity index (χ4v) is 3.82. The van der Waals surface area contributed by atoms with E-state index in [1.54, 1.807) is 11.8 Å². The number of aliphatic carboxylic acids is 1. The summed E-state index contributed by atoms with van der Waals surface area (Å²) in [7, 11) is 0. The van der Waals surface area contributed by atoms with Crippen LogP contribution in [-0.4, -0.2) is 76.2 Å². The predicted octanol–water partition coefficient (Wildman–Crippen LogP) is 0.275. The van der Waals surface area contributed by atoms with Gasteiger partial charge >= 0.3 is 5.97 Å². The van der Waals surface area contributed by atoms with Crippen LogP contribution < -0.4 is 21.7 Å². The number of nitrogens with two attached hydrogens (primary N) is 1. The molecular weight excluding hydrogens is 472 g/mol. The van der Waals surface area contributed by atoms with Crippen molar-refractivity contribution in [1.29, 1.82) is 0 Å².